The molecule has 0 spiro atoms. The van der Waals surface area contributed by atoms with E-state index in [0.717, 1.165) is 50.5 Å². The van der Waals surface area contributed by atoms with Gasteiger partial charge in [-0.2, -0.15) is 4.98 Å². The van der Waals surface area contributed by atoms with Crippen LogP contribution in [0.15, 0.2) is 4.52 Å². The van der Waals surface area contributed by atoms with Gasteiger partial charge < -0.3 is 9.42 Å². The molecule has 2 saturated carbocycles. The summed E-state index contributed by atoms with van der Waals surface area (Å²) in [5, 5.41) is 4.28. The van der Waals surface area contributed by atoms with Gasteiger partial charge in [0.25, 0.3) is 0 Å². The fourth-order valence-electron chi connectivity index (χ4n) is 5.03. The average Bonchev–Trinajstić information content (AvgIpc) is 3.28. The van der Waals surface area contributed by atoms with Crippen molar-refractivity contribution in [2.24, 2.45) is 11.8 Å². The molecule has 0 aromatic carbocycles. The number of rotatable bonds is 3. The van der Waals surface area contributed by atoms with Crippen LogP contribution >= 0.6 is 0 Å². The lowest BCUT2D eigenvalue weighted by atomic mass is 9.80. The van der Waals surface area contributed by atoms with Crippen molar-refractivity contribution < 1.29 is 9.32 Å². The SMILES string of the molecule is CCc1nc(C23CCCC2CN(C(=O)C2CCCCC2)C3)no1. The van der Waals surface area contributed by atoms with E-state index in [-0.39, 0.29) is 11.3 Å². The predicted octanol–water partition coefficient (Wildman–Crippen LogP) is 3.09. The van der Waals surface area contributed by atoms with E-state index in [9.17, 15) is 4.79 Å². The maximum Gasteiger partial charge on any atom is 0.226 e. The number of likely N-dealkylation sites (tertiary alicyclic amines) is 1. The van der Waals surface area contributed by atoms with Crippen molar-refractivity contribution in [3.05, 3.63) is 11.7 Å². The highest BCUT2D eigenvalue weighted by Gasteiger charge is 2.54. The number of aryl methyl sites for hydroxylation is 1. The Labute approximate surface area is 137 Å². The summed E-state index contributed by atoms with van der Waals surface area (Å²) in [7, 11) is 0. The average molecular weight is 317 g/mol. The largest absolute Gasteiger partial charge is 0.341 e. The maximum absolute atomic E-state index is 12.9. The van der Waals surface area contributed by atoms with Crippen molar-refractivity contribution in [3.8, 4) is 0 Å². The van der Waals surface area contributed by atoms with E-state index in [0.29, 0.717) is 11.8 Å². The first-order chi connectivity index (χ1) is 11.2. The number of hydrogen-bond donors (Lipinski definition) is 0. The fourth-order valence-corrected chi connectivity index (χ4v) is 5.03. The van der Waals surface area contributed by atoms with Crippen molar-refractivity contribution in [2.75, 3.05) is 13.1 Å². The minimum absolute atomic E-state index is 0.0404. The van der Waals surface area contributed by atoms with Gasteiger partial charge in [-0.3, -0.25) is 4.79 Å². The van der Waals surface area contributed by atoms with Crippen molar-refractivity contribution in [2.45, 2.75) is 70.1 Å². The van der Waals surface area contributed by atoms with Gasteiger partial charge in [-0.05, 0) is 31.6 Å². The molecule has 23 heavy (non-hydrogen) atoms. The monoisotopic (exact) mass is 317 g/mol. The van der Waals surface area contributed by atoms with Crippen molar-refractivity contribution in [3.63, 3.8) is 0 Å². The number of carbonyl (C=O) groups is 1. The third-order valence-electron chi connectivity index (χ3n) is 6.35. The van der Waals surface area contributed by atoms with Crippen LogP contribution in [0.3, 0.4) is 0 Å². The summed E-state index contributed by atoms with van der Waals surface area (Å²) in [6, 6.07) is 0. The Morgan fingerprint density at radius 1 is 1.26 bits per heavy atom. The van der Waals surface area contributed by atoms with Gasteiger partial charge in [0.2, 0.25) is 11.8 Å². The highest BCUT2D eigenvalue weighted by atomic mass is 16.5. The van der Waals surface area contributed by atoms with Crippen LogP contribution in [0.1, 0.15) is 70.0 Å². The van der Waals surface area contributed by atoms with Crippen LogP contribution in [-0.4, -0.2) is 34.0 Å². The Balaban J connectivity index is 1.54. The maximum atomic E-state index is 12.9. The molecule has 2 atom stereocenters. The normalized spacial score (nSPS) is 31.5. The molecule has 1 aliphatic heterocycles. The topological polar surface area (TPSA) is 59.2 Å². The van der Waals surface area contributed by atoms with Crippen LogP contribution in [0.25, 0.3) is 0 Å². The van der Waals surface area contributed by atoms with E-state index < -0.39 is 0 Å². The number of nitrogens with zero attached hydrogens (tertiary/aromatic N) is 3. The summed E-state index contributed by atoms with van der Waals surface area (Å²) in [5.41, 5.74) is -0.0404. The van der Waals surface area contributed by atoms with E-state index in [1.807, 2.05) is 6.92 Å². The molecule has 3 aliphatic rings. The van der Waals surface area contributed by atoms with Gasteiger partial charge in [-0.15, -0.1) is 0 Å². The van der Waals surface area contributed by atoms with Crippen LogP contribution < -0.4 is 0 Å². The summed E-state index contributed by atoms with van der Waals surface area (Å²) in [6.45, 7) is 3.73. The smallest absolute Gasteiger partial charge is 0.226 e. The molecule has 5 nitrogen and oxygen atoms in total. The Kier molecular flexibility index (Phi) is 3.90. The third kappa shape index (κ3) is 2.48. The molecule has 1 saturated heterocycles. The minimum Gasteiger partial charge on any atom is -0.341 e. The van der Waals surface area contributed by atoms with E-state index in [1.54, 1.807) is 0 Å². The second kappa shape index (κ2) is 5.91. The van der Waals surface area contributed by atoms with Gasteiger partial charge in [0.15, 0.2) is 5.82 Å². The van der Waals surface area contributed by atoms with Crippen LogP contribution in [-0.2, 0) is 16.6 Å². The van der Waals surface area contributed by atoms with E-state index in [2.05, 4.69) is 15.0 Å². The van der Waals surface area contributed by atoms with Gasteiger partial charge in [-0.1, -0.05) is 37.8 Å². The number of hydrogen-bond acceptors (Lipinski definition) is 4. The molecule has 1 amide bonds. The Bertz CT molecular complexity index is 579. The zero-order valence-corrected chi connectivity index (χ0v) is 14.1. The molecular formula is C18H27N3O2. The molecule has 0 bridgehead atoms. The number of amides is 1. The molecule has 5 heteroatoms. The lowest BCUT2D eigenvalue weighted by Crippen LogP contribution is -2.38. The molecule has 4 rings (SSSR count). The van der Waals surface area contributed by atoms with Crippen LogP contribution in [0.5, 0.6) is 0 Å². The van der Waals surface area contributed by atoms with Gasteiger partial charge >= 0.3 is 0 Å². The summed E-state index contributed by atoms with van der Waals surface area (Å²) < 4.78 is 5.38. The summed E-state index contributed by atoms with van der Waals surface area (Å²) in [6.07, 6.45) is 10.1. The van der Waals surface area contributed by atoms with Crippen LogP contribution in [0.2, 0.25) is 0 Å². The van der Waals surface area contributed by atoms with Crippen molar-refractivity contribution in [1.82, 2.24) is 15.0 Å². The standard InChI is InChI=1S/C18H27N3O2/c1-2-15-19-17(20-23-15)18-10-6-9-14(18)11-21(12-18)16(22)13-7-4-3-5-8-13/h13-14H,2-12H2,1H3. The Morgan fingerprint density at radius 3 is 2.83 bits per heavy atom. The predicted molar refractivity (Wildman–Crippen MR) is 85.9 cm³/mol. The molecule has 2 heterocycles. The fraction of sp³-hybridized carbons (Fsp3) is 0.833. The zero-order valence-electron chi connectivity index (χ0n) is 14.1. The highest BCUT2D eigenvalue weighted by Crippen LogP contribution is 2.50. The first-order valence-corrected chi connectivity index (χ1v) is 9.35. The number of carbonyl (C=O) groups excluding carboxylic acids is 1. The van der Waals surface area contributed by atoms with Gasteiger partial charge in [0.05, 0.1) is 5.41 Å². The molecule has 0 radical (unpaired) electrons. The molecule has 126 valence electrons. The lowest BCUT2D eigenvalue weighted by molar-refractivity contribution is -0.135. The van der Waals surface area contributed by atoms with E-state index >= 15 is 0 Å². The number of fused-ring (bicyclic) bond motifs is 1. The van der Waals surface area contributed by atoms with Gasteiger partial charge in [0, 0.05) is 25.4 Å². The quantitative estimate of drug-likeness (QED) is 0.859. The van der Waals surface area contributed by atoms with Gasteiger partial charge in [0.1, 0.15) is 0 Å². The molecule has 1 aromatic heterocycles. The molecule has 2 unspecified atom stereocenters. The Hall–Kier alpha value is -1.39. The number of aromatic nitrogens is 2. The van der Waals surface area contributed by atoms with Crippen molar-refractivity contribution in [1.29, 1.82) is 0 Å². The summed E-state index contributed by atoms with van der Waals surface area (Å²) >= 11 is 0. The first-order valence-electron chi connectivity index (χ1n) is 9.35. The second-order valence-corrected chi connectivity index (χ2v) is 7.66. The molecule has 0 N–H and O–H groups in total. The van der Waals surface area contributed by atoms with Crippen LogP contribution in [0.4, 0.5) is 0 Å². The third-order valence-corrected chi connectivity index (χ3v) is 6.35. The lowest BCUT2D eigenvalue weighted by Gasteiger charge is -2.28. The molecule has 2 aliphatic carbocycles. The van der Waals surface area contributed by atoms with Crippen LogP contribution in [0, 0.1) is 11.8 Å². The molecule has 3 fully saturated rings. The van der Waals surface area contributed by atoms with Crippen molar-refractivity contribution >= 4 is 5.91 Å². The summed E-state index contributed by atoms with van der Waals surface area (Å²) in [5.74, 6) is 2.74. The Morgan fingerprint density at radius 2 is 2.09 bits per heavy atom. The van der Waals surface area contributed by atoms with Gasteiger partial charge in [-0.25, -0.2) is 0 Å². The van der Waals surface area contributed by atoms with E-state index in [4.69, 9.17) is 4.52 Å². The first kappa shape index (κ1) is 15.2. The van der Waals surface area contributed by atoms with E-state index in [1.165, 1.54) is 32.1 Å². The summed E-state index contributed by atoms with van der Waals surface area (Å²) in [4.78, 5) is 19.7. The molecule has 1 aromatic rings. The zero-order chi connectivity index (χ0) is 15.9. The second-order valence-electron chi connectivity index (χ2n) is 7.66. The molecular weight excluding hydrogens is 290 g/mol. The minimum atomic E-state index is -0.0404. The highest BCUT2D eigenvalue weighted by molar-refractivity contribution is 5.79.